The summed E-state index contributed by atoms with van der Waals surface area (Å²) in [6.07, 6.45) is 1.47. The van der Waals surface area contributed by atoms with Gasteiger partial charge in [0.25, 0.3) is 0 Å². The maximum Gasteiger partial charge on any atom is 0.224 e. The first-order valence-electron chi connectivity index (χ1n) is 6.61. The fourth-order valence-electron chi connectivity index (χ4n) is 2.48. The van der Waals surface area contributed by atoms with Gasteiger partial charge in [-0.25, -0.2) is 9.97 Å². The topological polar surface area (TPSA) is 67.3 Å². The first-order chi connectivity index (χ1) is 9.72. The van der Waals surface area contributed by atoms with Crippen LogP contribution in [0.1, 0.15) is 12.8 Å². The van der Waals surface area contributed by atoms with E-state index in [-0.39, 0.29) is 11.9 Å². The van der Waals surface area contributed by atoms with Gasteiger partial charge in [0.1, 0.15) is 5.82 Å². The third-order valence-electron chi connectivity index (χ3n) is 3.71. The van der Waals surface area contributed by atoms with Gasteiger partial charge >= 0.3 is 0 Å². The molecule has 1 saturated heterocycles. The standard InChI is InChI=1S/C14H16ClN3O2/c15-13-16-11-4-2-1-3-10(11)12(17-13)18-14(9-19)5-7-20-8-6-14/h1-4,19H,5-9H2,(H,16,17,18). The average molecular weight is 294 g/mol. The summed E-state index contributed by atoms with van der Waals surface area (Å²) in [6, 6.07) is 7.67. The SMILES string of the molecule is OCC1(Nc2nc(Cl)nc3ccccc23)CCOCC1. The molecule has 1 aromatic heterocycles. The molecule has 2 N–H and O–H groups in total. The molecule has 0 radical (unpaired) electrons. The van der Waals surface area contributed by atoms with Crippen LogP contribution >= 0.6 is 11.6 Å². The largest absolute Gasteiger partial charge is 0.394 e. The van der Waals surface area contributed by atoms with Gasteiger partial charge in [-0.3, -0.25) is 0 Å². The van der Waals surface area contributed by atoms with Crippen molar-refractivity contribution in [3.05, 3.63) is 29.5 Å². The summed E-state index contributed by atoms with van der Waals surface area (Å²) in [5.41, 5.74) is 0.383. The number of rotatable bonds is 3. The van der Waals surface area contributed by atoms with E-state index in [1.165, 1.54) is 0 Å². The molecule has 0 bridgehead atoms. The van der Waals surface area contributed by atoms with Crippen LogP contribution in [0.3, 0.4) is 0 Å². The Bertz CT molecular complexity index is 614. The smallest absolute Gasteiger partial charge is 0.224 e. The van der Waals surface area contributed by atoms with Crippen LogP contribution in [0.15, 0.2) is 24.3 Å². The van der Waals surface area contributed by atoms with Gasteiger partial charge in [-0.15, -0.1) is 0 Å². The number of fused-ring (bicyclic) bond motifs is 1. The number of benzene rings is 1. The lowest BCUT2D eigenvalue weighted by Crippen LogP contribution is -2.47. The minimum Gasteiger partial charge on any atom is -0.394 e. The van der Waals surface area contributed by atoms with Crippen LogP contribution < -0.4 is 5.32 Å². The Morgan fingerprint density at radius 2 is 2.00 bits per heavy atom. The third kappa shape index (κ3) is 2.57. The van der Waals surface area contributed by atoms with Gasteiger partial charge in [-0.1, -0.05) is 12.1 Å². The molecule has 0 unspecified atom stereocenters. The highest BCUT2D eigenvalue weighted by Crippen LogP contribution is 2.29. The van der Waals surface area contributed by atoms with Crippen LogP contribution in [0.5, 0.6) is 0 Å². The Balaban J connectivity index is 2.01. The Morgan fingerprint density at radius 3 is 2.75 bits per heavy atom. The van der Waals surface area contributed by atoms with Gasteiger partial charge in [-0.05, 0) is 36.6 Å². The van der Waals surface area contributed by atoms with Crippen molar-refractivity contribution in [2.24, 2.45) is 0 Å². The van der Waals surface area contributed by atoms with Crippen molar-refractivity contribution in [1.82, 2.24) is 9.97 Å². The molecule has 0 saturated carbocycles. The lowest BCUT2D eigenvalue weighted by Gasteiger charge is -2.37. The van der Waals surface area contributed by atoms with Crippen LogP contribution in [0.2, 0.25) is 5.28 Å². The highest BCUT2D eigenvalue weighted by molar-refractivity contribution is 6.28. The van der Waals surface area contributed by atoms with E-state index in [1.807, 2.05) is 24.3 Å². The minimum atomic E-state index is -0.404. The Labute approximate surface area is 121 Å². The second-order valence-corrected chi connectivity index (χ2v) is 5.37. The van der Waals surface area contributed by atoms with E-state index in [1.54, 1.807) is 0 Å². The average Bonchev–Trinajstić information content (AvgIpc) is 2.48. The molecular weight excluding hydrogens is 278 g/mol. The van der Waals surface area contributed by atoms with Crippen molar-refractivity contribution in [1.29, 1.82) is 0 Å². The van der Waals surface area contributed by atoms with Gasteiger partial charge in [0.05, 0.1) is 17.7 Å². The molecule has 0 aliphatic carbocycles. The zero-order valence-corrected chi connectivity index (χ0v) is 11.7. The highest BCUT2D eigenvalue weighted by Gasteiger charge is 2.32. The lowest BCUT2D eigenvalue weighted by molar-refractivity contribution is 0.0379. The number of hydrogen-bond acceptors (Lipinski definition) is 5. The van der Waals surface area contributed by atoms with Crippen molar-refractivity contribution >= 4 is 28.3 Å². The summed E-state index contributed by atoms with van der Waals surface area (Å²) in [6.45, 7) is 1.29. The quantitative estimate of drug-likeness (QED) is 0.850. The van der Waals surface area contributed by atoms with E-state index >= 15 is 0 Å². The number of hydrogen-bond donors (Lipinski definition) is 2. The summed E-state index contributed by atoms with van der Waals surface area (Å²) in [7, 11) is 0. The Morgan fingerprint density at radius 1 is 1.25 bits per heavy atom. The molecule has 0 amide bonds. The Kier molecular flexibility index (Phi) is 3.74. The van der Waals surface area contributed by atoms with Crippen molar-refractivity contribution < 1.29 is 9.84 Å². The first kappa shape index (κ1) is 13.5. The summed E-state index contributed by atoms with van der Waals surface area (Å²) in [5, 5.41) is 14.2. The van der Waals surface area contributed by atoms with E-state index in [9.17, 15) is 5.11 Å². The van der Waals surface area contributed by atoms with Gasteiger partial charge < -0.3 is 15.2 Å². The number of ether oxygens (including phenoxy) is 1. The zero-order valence-electron chi connectivity index (χ0n) is 11.0. The normalized spacial score (nSPS) is 18.1. The summed E-state index contributed by atoms with van der Waals surface area (Å²) in [5.74, 6) is 0.663. The van der Waals surface area contributed by atoms with Crippen LogP contribution in [-0.2, 0) is 4.74 Å². The molecule has 5 nitrogen and oxygen atoms in total. The summed E-state index contributed by atoms with van der Waals surface area (Å²) < 4.78 is 5.37. The number of aromatic nitrogens is 2. The van der Waals surface area contributed by atoms with E-state index in [0.29, 0.717) is 19.0 Å². The van der Waals surface area contributed by atoms with Gasteiger partial charge in [0.2, 0.25) is 5.28 Å². The molecule has 20 heavy (non-hydrogen) atoms. The first-order valence-corrected chi connectivity index (χ1v) is 6.99. The van der Waals surface area contributed by atoms with Crippen molar-refractivity contribution in [2.45, 2.75) is 18.4 Å². The van der Waals surface area contributed by atoms with Crippen LogP contribution in [0.4, 0.5) is 5.82 Å². The van der Waals surface area contributed by atoms with Gasteiger partial charge in [-0.2, -0.15) is 0 Å². The fraction of sp³-hybridized carbons (Fsp3) is 0.429. The number of aliphatic hydroxyl groups excluding tert-OH is 1. The third-order valence-corrected chi connectivity index (χ3v) is 3.88. The van der Waals surface area contributed by atoms with Gasteiger partial charge in [0, 0.05) is 18.6 Å². The fourth-order valence-corrected chi connectivity index (χ4v) is 2.66. The second-order valence-electron chi connectivity index (χ2n) is 5.03. The van der Waals surface area contributed by atoms with E-state index < -0.39 is 5.54 Å². The molecule has 0 spiro atoms. The number of anilines is 1. The molecule has 1 aliphatic heterocycles. The maximum atomic E-state index is 9.75. The number of halogens is 1. The Hall–Kier alpha value is -1.43. The van der Waals surface area contributed by atoms with E-state index in [4.69, 9.17) is 16.3 Å². The predicted octanol–water partition coefficient (Wildman–Crippen LogP) is 2.24. The molecule has 106 valence electrons. The molecule has 1 aliphatic rings. The number of para-hydroxylation sites is 1. The molecule has 6 heteroatoms. The number of nitrogens with zero attached hydrogens (tertiary/aromatic N) is 2. The highest BCUT2D eigenvalue weighted by atomic mass is 35.5. The van der Waals surface area contributed by atoms with Crippen LogP contribution in [0.25, 0.3) is 10.9 Å². The summed E-state index contributed by atoms with van der Waals surface area (Å²) in [4.78, 5) is 8.48. The predicted molar refractivity (Wildman–Crippen MR) is 78.0 cm³/mol. The molecule has 2 heterocycles. The number of aliphatic hydroxyl groups is 1. The van der Waals surface area contributed by atoms with Crippen LogP contribution in [0, 0.1) is 0 Å². The maximum absolute atomic E-state index is 9.75. The van der Waals surface area contributed by atoms with Crippen molar-refractivity contribution in [3.63, 3.8) is 0 Å². The van der Waals surface area contributed by atoms with E-state index in [0.717, 1.165) is 23.7 Å². The molecule has 1 fully saturated rings. The zero-order chi connectivity index (χ0) is 14.0. The molecule has 0 atom stereocenters. The number of nitrogens with one attached hydrogen (secondary N) is 1. The molecule has 2 aromatic rings. The van der Waals surface area contributed by atoms with E-state index in [2.05, 4.69) is 15.3 Å². The summed E-state index contributed by atoms with van der Waals surface area (Å²) >= 11 is 5.98. The van der Waals surface area contributed by atoms with Crippen molar-refractivity contribution in [2.75, 3.05) is 25.1 Å². The van der Waals surface area contributed by atoms with Crippen LogP contribution in [-0.4, -0.2) is 40.4 Å². The monoisotopic (exact) mass is 293 g/mol. The second kappa shape index (κ2) is 5.52. The molecule has 3 rings (SSSR count). The lowest BCUT2D eigenvalue weighted by atomic mass is 9.91. The van der Waals surface area contributed by atoms with Gasteiger partial charge in [0.15, 0.2) is 0 Å². The molecular formula is C14H16ClN3O2. The van der Waals surface area contributed by atoms with Crippen molar-refractivity contribution in [3.8, 4) is 0 Å². The minimum absolute atomic E-state index is 0.0340. The molecule has 1 aromatic carbocycles.